The fourth-order valence-electron chi connectivity index (χ4n) is 1.81. The largest absolute Gasteiger partial charge is 0.349 e. The maximum absolute atomic E-state index is 12.1. The Hall–Kier alpha value is -0.830. The van der Waals surface area contributed by atoms with E-state index in [0.29, 0.717) is 0 Å². The van der Waals surface area contributed by atoms with E-state index in [4.69, 9.17) is 0 Å². The van der Waals surface area contributed by atoms with E-state index in [0.717, 1.165) is 34.9 Å². The molecule has 0 aliphatic rings. The van der Waals surface area contributed by atoms with Gasteiger partial charge >= 0.3 is 0 Å². The third-order valence-corrected chi connectivity index (χ3v) is 3.95. The smallest absolute Gasteiger partial charge is 0.252 e. The zero-order chi connectivity index (χ0) is 12.8. The van der Waals surface area contributed by atoms with E-state index in [1.165, 1.54) is 0 Å². The number of nitrogens with one attached hydrogen (secondary N) is 1. The van der Waals surface area contributed by atoms with Crippen molar-refractivity contribution < 1.29 is 4.79 Å². The molecule has 0 aliphatic heterocycles. The molecule has 0 radical (unpaired) electrons. The maximum atomic E-state index is 12.1. The number of hydrogen-bond donors (Lipinski definition) is 1. The van der Waals surface area contributed by atoms with Crippen molar-refractivity contribution in [2.45, 2.75) is 46.1 Å². The lowest BCUT2D eigenvalue weighted by Gasteiger charge is -2.17. The van der Waals surface area contributed by atoms with Crippen molar-refractivity contribution in [1.82, 2.24) is 5.32 Å². The van der Waals surface area contributed by atoms with Crippen LogP contribution in [0.5, 0.6) is 0 Å². The Bertz CT molecular complexity index is 390. The Kier molecular flexibility index (Phi) is 5.69. The van der Waals surface area contributed by atoms with Crippen molar-refractivity contribution >= 4 is 21.8 Å². The summed E-state index contributed by atoms with van der Waals surface area (Å²) in [5.41, 5.74) is 1.81. The first-order valence-corrected chi connectivity index (χ1v) is 6.95. The molecule has 0 heterocycles. The van der Waals surface area contributed by atoms with Crippen LogP contribution < -0.4 is 5.32 Å². The van der Waals surface area contributed by atoms with E-state index in [1.54, 1.807) is 0 Å². The van der Waals surface area contributed by atoms with Gasteiger partial charge in [0, 0.05) is 10.5 Å². The van der Waals surface area contributed by atoms with Crippen LogP contribution in [-0.2, 0) is 0 Å². The fourth-order valence-corrected chi connectivity index (χ4v) is 2.26. The van der Waals surface area contributed by atoms with Crippen LogP contribution in [0.25, 0.3) is 0 Å². The third kappa shape index (κ3) is 3.84. The summed E-state index contributed by atoms with van der Waals surface area (Å²) in [6.45, 7) is 6.23. The SMILES string of the molecule is CCCC(CC)NC(=O)c1cccc(C)c1Br. The van der Waals surface area contributed by atoms with Gasteiger partial charge in [-0.15, -0.1) is 0 Å². The molecule has 0 saturated heterocycles. The van der Waals surface area contributed by atoms with Crippen LogP contribution in [0.4, 0.5) is 0 Å². The number of benzene rings is 1. The van der Waals surface area contributed by atoms with Crippen LogP contribution in [0, 0.1) is 6.92 Å². The van der Waals surface area contributed by atoms with E-state index < -0.39 is 0 Å². The molecule has 0 bridgehead atoms. The van der Waals surface area contributed by atoms with E-state index in [9.17, 15) is 4.79 Å². The predicted molar refractivity (Wildman–Crippen MR) is 75.3 cm³/mol. The average Bonchev–Trinajstić information content (AvgIpc) is 2.31. The molecule has 1 atom stereocenters. The van der Waals surface area contributed by atoms with Gasteiger partial charge in [0.25, 0.3) is 5.91 Å². The van der Waals surface area contributed by atoms with Gasteiger partial charge in [0.05, 0.1) is 5.56 Å². The van der Waals surface area contributed by atoms with Gasteiger partial charge < -0.3 is 5.32 Å². The fraction of sp³-hybridized carbons (Fsp3) is 0.500. The molecule has 1 aromatic carbocycles. The highest BCUT2D eigenvalue weighted by atomic mass is 79.9. The molecule has 1 unspecified atom stereocenters. The standard InChI is InChI=1S/C14H20BrNO/c1-4-7-11(5-2)16-14(17)12-9-6-8-10(3)13(12)15/h6,8-9,11H,4-5,7H2,1-3H3,(H,16,17). The monoisotopic (exact) mass is 297 g/mol. The zero-order valence-corrected chi connectivity index (χ0v) is 12.3. The van der Waals surface area contributed by atoms with Gasteiger partial charge in [-0.1, -0.05) is 32.4 Å². The van der Waals surface area contributed by atoms with E-state index in [2.05, 4.69) is 35.1 Å². The summed E-state index contributed by atoms with van der Waals surface area (Å²) in [6, 6.07) is 6.03. The van der Waals surface area contributed by atoms with Crippen LogP contribution in [0.1, 0.15) is 49.0 Å². The number of halogens is 1. The average molecular weight is 298 g/mol. The van der Waals surface area contributed by atoms with Gasteiger partial charge in [0.1, 0.15) is 0 Å². The summed E-state index contributed by atoms with van der Waals surface area (Å²) in [7, 11) is 0. The summed E-state index contributed by atoms with van der Waals surface area (Å²) in [6.07, 6.45) is 3.10. The van der Waals surface area contributed by atoms with E-state index >= 15 is 0 Å². The Morgan fingerprint density at radius 3 is 2.71 bits per heavy atom. The maximum Gasteiger partial charge on any atom is 0.252 e. The molecule has 1 rings (SSSR count). The first-order valence-electron chi connectivity index (χ1n) is 6.16. The first kappa shape index (κ1) is 14.2. The topological polar surface area (TPSA) is 29.1 Å². The molecule has 3 heteroatoms. The number of carbonyl (C=O) groups excluding carboxylic acids is 1. The summed E-state index contributed by atoms with van der Waals surface area (Å²) in [4.78, 5) is 12.1. The Morgan fingerprint density at radius 2 is 2.12 bits per heavy atom. The van der Waals surface area contributed by atoms with E-state index in [-0.39, 0.29) is 11.9 Å². The van der Waals surface area contributed by atoms with Crippen molar-refractivity contribution in [3.63, 3.8) is 0 Å². The third-order valence-electron chi connectivity index (χ3n) is 2.90. The lowest BCUT2D eigenvalue weighted by Crippen LogP contribution is -2.34. The molecule has 1 amide bonds. The summed E-state index contributed by atoms with van der Waals surface area (Å²) in [5.74, 6) is 0.0147. The van der Waals surface area contributed by atoms with Gasteiger partial charge in [0.15, 0.2) is 0 Å². The molecule has 1 aromatic rings. The first-order chi connectivity index (χ1) is 8.10. The van der Waals surface area contributed by atoms with Crippen molar-refractivity contribution in [3.05, 3.63) is 33.8 Å². The van der Waals surface area contributed by atoms with Gasteiger partial charge in [-0.2, -0.15) is 0 Å². The lowest BCUT2D eigenvalue weighted by atomic mass is 10.1. The number of rotatable bonds is 5. The van der Waals surface area contributed by atoms with Crippen molar-refractivity contribution in [3.8, 4) is 0 Å². The normalized spacial score (nSPS) is 12.2. The minimum atomic E-state index is 0.0147. The Morgan fingerprint density at radius 1 is 1.41 bits per heavy atom. The second-order valence-corrected chi connectivity index (χ2v) is 5.10. The molecule has 2 nitrogen and oxygen atoms in total. The molecule has 17 heavy (non-hydrogen) atoms. The van der Waals surface area contributed by atoms with Crippen molar-refractivity contribution in [2.24, 2.45) is 0 Å². The van der Waals surface area contributed by atoms with Gasteiger partial charge in [0.2, 0.25) is 0 Å². The summed E-state index contributed by atoms with van der Waals surface area (Å²) >= 11 is 3.47. The summed E-state index contributed by atoms with van der Waals surface area (Å²) < 4.78 is 0.892. The van der Waals surface area contributed by atoms with Crippen LogP contribution in [0.15, 0.2) is 22.7 Å². The minimum absolute atomic E-state index is 0.0147. The summed E-state index contributed by atoms with van der Waals surface area (Å²) in [5, 5.41) is 3.08. The molecule has 0 saturated carbocycles. The van der Waals surface area contributed by atoms with Crippen molar-refractivity contribution in [2.75, 3.05) is 0 Å². The minimum Gasteiger partial charge on any atom is -0.349 e. The molecule has 0 spiro atoms. The number of aryl methyl sites for hydroxylation is 1. The number of carbonyl (C=O) groups is 1. The molecular weight excluding hydrogens is 278 g/mol. The second-order valence-electron chi connectivity index (χ2n) is 4.30. The van der Waals surface area contributed by atoms with Gasteiger partial charge in [-0.05, 0) is 47.3 Å². The molecule has 0 fully saturated rings. The zero-order valence-electron chi connectivity index (χ0n) is 10.7. The molecule has 0 aliphatic carbocycles. The van der Waals surface area contributed by atoms with E-state index in [1.807, 2.05) is 25.1 Å². The quantitative estimate of drug-likeness (QED) is 0.872. The van der Waals surface area contributed by atoms with Crippen molar-refractivity contribution in [1.29, 1.82) is 0 Å². The molecular formula is C14H20BrNO. The molecule has 0 aromatic heterocycles. The Labute approximate surface area is 112 Å². The highest BCUT2D eigenvalue weighted by Gasteiger charge is 2.14. The van der Waals surface area contributed by atoms with Crippen LogP contribution in [0.2, 0.25) is 0 Å². The van der Waals surface area contributed by atoms with Crippen LogP contribution in [0.3, 0.4) is 0 Å². The predicted octanol–water partition coefficient (Wildman–Crippen LogP) is 4.07. The Balaban J connectivity index is 2.79. The lowest BCUT2D eigenvalue weighted by molar-refractivity contribution is 0.0933. The number of amides is 1. The van der Waals surface area contributed by atoms with Crippen LogP contribution >= 0.6 is 15.9 Å². The highest BCUT2D eigenvalue weighted by molar-refractivity contribution is 9.10. The van der Waals surface area contributed by atoms with Crippen LogP contribution in [-0.4, -0.2) is 11.9 Å². The number of hydrogen-bond acceptors (Lipinski definition) is 1. The second kappa shape index (κ2) is 6.80. The molecule has 1 N–H and O–H groups in total. The van der Waals surface area contributed by atoms with Gasteiger partial charge in [-0.3, -0.25) is 4.79 Å². The highest BCUT2D eigenvalue weighted by Crippen LogP contribution is 2.21. The molecule has 94 valence electrons. The van der Waals surface area contributed by atoms with Gasteiger partial charge in [-0.25, -0.2) is 0 Å².